The molecule has 5 nitrogen and oxygen atoms in total. The predicted molar refractivity (Wildman–Crippen MR) is 54.1 cm³/mol. The Bertz CT molecular complexity index is 250. The molecule has 0 amide bonds. The second kappa shape index (κ2) is 4.30. The lowest BCUT2D eigenvalue weighted by Gasteiger charge is -2.25. The van der Waals surface area contributed by atoms with Crippen LogP contribution in [-0.4, -0.2) is 40.6 Å². The minimum atomic E-state index is -0.890. The van der Waals surface area contributed by atoms with Crippen molar-refractivity contribution in [3.8, 4) is 0 Å². The van der Waals surface area contributed by atoms with Crippen molar-refractivity contribution in [2.75, 3.05) is 6.54 Å². The van der Waals surface area contributed by atoms with Crippen LogP contribution < -0.4 is 5.73 Å². The Hall–Kier alpha value is -1.26. The molecule has 0 radical (unpaired) electrons. The van der Waals surface area contributed by atoms with Crippen LogP contribution >= 0.6 is 0 Å². The molecular weight excluding hydrogens is 182 g/mol. The molecule has 14 heavy (non-hydrogen) atoms. The SMILES string of the molecule is CC(C)N1CCCC(C(=O)O)N=C1N. The third kappa shape index (κ3) is 2.37. The number of aliphatic imine (C=N–C) groups is 1. The Morgan fingerprint density at radius 2 is 2.36 bits per heavy atom. The van der Waals surface area contributed by atoms with Gasteiger partial charge in [0.05, 0.1) is 0 Å². The van der Waals surface area contributed by atoms with E-state index in [2.05, 4.69) is 4.99 Å². The van der Waals surface area contributed by atoms with Crippen molar-refractivity contribution >= 4 is 11.9 Å². The molecule has 0 bridgehead atoms. The summed E-state index contributed by atoms with van der Waals surface area (Å²) in [7, 11) is 0. The zero-order chi connectivity index (χ0) is 10.7. The molecule has 1 rings (SSSR count). The predicted octanol–water partition coefficient (Wildman–Crippen LogP) is 0.259. The minimum Gasteiger partial charge on any atom is -0.480 e. The highest BCUT2D eigenvalue weighted by atomic mass is 16.4. The second-order valence-corrected chi connectivity index (χ2v) is 3.77. The maximum atomic E-state index is 10.7. The molecule has 3 N–H and O–H groups in total. The number of guanidine groups is 1. The Morgan fingerprint density at radius 1 is 1.71 bits per heavy atom. The highest BCUT2D eigenvalue weighted by molar-refractivity contribution is 5.83. The van der Waals surface area contributed by atoms with Gasteiger partial charge >= 0.3 is 5.97 Å². The number of carboxylic acid groups (broad SMARTS) is 1. The van der Waals surface area contributed by atoms with Gasteiger partial charge in [0.15, 0.2) is 12.0 Å². The molecule has 0 aliphatic carbocycles. The van der Waals surface area contributed by atoms with Crippen molar-refractivity contribution < 1.29 is 9.90 Å². The first-order valence-corrected chi connectivity index (χ1v) is 4.85. The number of rotatable bonds is 2. The molecule has 1 aliphatic rings. The summed E-state index contributed by atoms with van der Waals surface area (Å²) in [6.45, 7) is 4.82. The lowest BCUT2D eigenvalue weighted by Crippen LogP contribution is -2.42. The first-order valence-electron chi connectivity index (χ1n) is 4.85. The van der Waals surface area contributed by atoms with Gasteiger partial charge in [0.1, 0.15) is 0 Å². The summed E-state index contributed by atoms with van der Waals surface area (Å²) in [4.78, 5) is 16.7. The third-order valence-corrected chi connectivity index (χ3v) is 2.37. The molecule has 0 aromatic rings. The Morgan fingerprint density at radius 3 is 2.86 bits per heavy atom. The molecule has 1 heterocycles. The molecule has 0 fully saturated rings. The van der Waals surface area contributed by atoms with Gasteiger partial charge in [0.25, 0.3) is 0 Å². The summed E-state index contributed by atoms with van der Waals surface area (Å²) in [5.41, 5.74) is 5.72. The second-order valence-electron chi connectivity index (χ2n) is 3.77. The Kier molecular flexibility index (Phi) is 3.33. The van der Waals surface area contributed by atoms with Crippen molar-refractivity contribution in [3.63, 3.8) is 0 Å². The number of carboxylic acids is 1. The van der Waals surface area contributed by atoms with Gasteiger partial charge in [-0.3, -0.25) is 0 Å². The van der Waals surface area contributed by atoms with E-state index in [0.717, 1.165) is 13.0 Å². The Balaban J connectivity index is 2.79. The Labute approximate surface area is 83.6 Å². The van der Waals surface area contributed by atoms with Gasteiger partial charge in [-0.2, -0.15) is 0 Å². The van der Waals surface area contributed by atoms with E-state index in [-0.39, 0.29) is 6.04 Å². The molecule has 0 saturated carbocycles. The van der Waals surface area contributed by atoms with E-state index in [1.54, 1.807) is 0 Å². The first kappa shape index (κ1) is 10.8. The molecule has 0 aromatic carbocycles. The molecule has 0 aromatic heterocycles. The maximum Gasteiger partial charge on any atom is 0.328 e. The topological polar surface area (TPSA) is 78.9 Å². The average molecular weight is 199 g/mol. The van der Waals surface area contributed by atoms with Crippen molar-refractivity contribution in [1.29, 1.82) is 0 Å². The lowest BCUT2D eigenvalue weighted by atomic mass is 10.1. The molecule has 0 saturated heterocycles. The van der Waals surface area contributed by atoms with Crippen LogP contribution in [-0.2, 0) is 4.79 Å². The van der Waals surface area contributed by atoms with Gasteiger partial charge in [0, 0.05) is 12.6 Å². The molecule has 0 spiro atoms. The minimum absolute atomic E-state index is 0.270. The maximum absolute atomic E-state index is 10.7. The standard InChI is InChI=1S/C9H17N3O2/c1-6(2)12-5-3-4-7(8(13)14)11-9(12)10/h6-7H,3-5H2,1-2H3,(H2,10,11)(H,13,14). The zero-order valence-corrected chi connectivity index (χ0v) is 8.60. The normalized spacial score (nSPS) is 23.2. The van der Waals surface area contributed by atoms with E-state index in [1.807, 2.05) is 18.7 Å². The zero-order valence-electron chi connectivity index (χ0n) is 8.60. The summed E-state index contributed by atoms with van der Waals surface area (Å²) in [5.74, 6) is -0.538. The van der Waals surface area contributed by atoms with Gasteiger partial charge in [-0.15, -0.1) is 0 Å². The number of aliphatic carboxylic acids is 1. The van der Waals surface area contributed by atoms with E-state index in [1.165, 1.54) is 0 Å². The van der Waals surface area contributed by atoms with Crippen LogP contribution in [0.25, 0.3) is 0 Å². The highest BCUT2D eigenvalue weighted by Crippen LogP contribution is 2.11. The monoisotopic (exact) mass is 199 g/mol. The van der Waals surface area contributed by atoms with Crippen LogP contribution in [0.4, 0.5) is 0 Å². The molecular formula is C9H17N3O2. The quantitative estimate of drug-likeness (QED) is 0.668. The first-order chi connectivity index (χ1) is 6.52. The lowest BCUT2D eigenvalue weighted by molar-refractivity contribution is -0.138. The number of hydrogen-bond acceptors (Lipinski definition) is 4. The fraction of sp³-hybridized carbons (Fsp3) is 0.778. The van der Waals surface area contributed by atoms with Gasteiger partial charge in [-0.05, 0) is 26.7 Å². The fourth-order valence-corrected chi connectivity index (χ4v) is 1.57. The van der Waals surface area contributed by atoms with E-state index < -0.39 is 12.0 Å². The van der Waals surface area contributed by atoms with Crippen molar-refractivity contribution in [2.45, 2.75) is 38.8 Å². The number of carbonyl (C=O) groups is 1. The number of nitrogens with two attached hydrogens (primary N) is 1. The molecule has 80 valence electrons. The average Bonchev–Trinajstić information content (AvgIpc) is 2.26. The van der Waals surface area contributed by atoms with E-state index in [0.29, 0.717) is 12.4 Å². The van der Waals surface area contributed by atoms with Crippen LogP contribution in [0.1, 0.15) is 26.7 Å². The number of hydrogen-bond donors (Lipinski definition) is 2. The van der Waals surface area contributed by atoms with Crippen molar-refractivity contribution in [3.05, 3.63) is 0 Å². The summed E-state index contributed by atoms with van der Waals surface area (Å²) >= 11 is 0. The van der Waals surface area contributed by atoms with Gasteiger partial charge < -0.3 is 15.7 Å². The number of nitrogens with zero attached hydrogens (tertiary/aromatic N) is 2. The summed E-state index contributed by atoms with van der Waals surface area (Å²) < 4.78 is 0. The van der Waals surface area contributed by atoms with E-state index in [9.17, 15) is 4.79 Å². The van der Waals surface area contributed by atoms with Crippen LogP contribution in [0.3, 0.4) is 0 Å². The van der Waals surface area contributed by atoms with Gasteiger partial charge in [-0.1, -0.05) is 0 Å². The summed E-state index contributed by atoms with van der Waals surface area (Å²) in [6, 6.07) is -0.398. The van der Waals surface area contributed by atoms with Gasteiger partial charge in [0.2, 0.25) is 0 Å². The van der Waals surface area contributed by atoms with Crippen LogP contribution in [0.2, 0.25) is 0 Å². The molecule has 5 heteroatoms. The molecule has 1 atom stereocenters. The highest BCUT2D eigenvalue weighted by Gasteiger charge is 2.23. The van der Waals surface area contributed by atoms with Crippen LogP contribution in [0.5, 0.6) is 0 Å². The van der Waals surface area contributed by atoms with E-state index in [4.69, 9.17) is 10.8 Å². The van der Waals surface area contributed by atoms with E-state index >= 15 is 0 Å². The van der Waals surface area contributed by atoms with Crippen LogP contribution in [0, 0.1) is 0 Å². The fourth-order valence-electron chi connectivity index (χ4n) is 1.57. The summed E-state index contributed by atoms with van der Waals surface area (Å²) in [6.07, 6.45) is 1.39. The van der Waals surface area contributed by atoms with Crippen LogP contribution in [0.15, 0.2) is 4.99 Å². The van der Waals surface area contributed by atoms with Crippen molar-refractivity contribution in [2.24, 2.45) is 10.7 Å². The molecule has 1 aliphatic heterocycles. The summed E-state index contributed by atoms with van der Waals surface area (Å²) in [5, 5.41) is 8.82. The van der Waals surface area contributed by atoms with Crippen molar-refractivity contribution in [1.82, 2.24) is 4.90 Å². The van der Waals surface area contributed by atoms with Gasteiger partial charge in [-0.25, -0.2) is 9.79 Å². The third-order valence-electron chi connectivity index (χ3n) is 2.37. The smallest absolute Gasteiger partial charge is 0.328 e. The largest absolute Gasteiger partial charge is 0.480 e. The molecule has 1 unspecified atom stereocenters.